The lowest BCUT2D eigenvalue weighted by atomic mass is 9.87. The molecule has 3 rings (SSSR count). The topological polar surface area (TPSA) is 45.0 Å². The summed E-state index contributed by atoms with van der Waals surface area (Å²) in [5.74, 6) is 3.52. The maximum atomic E-state index is 8.84. The number of hydrogen-bond acceptors (Lipinski definition) is 3. The third-order valence-corrected chi connectivity index (χ3v) is 4.37. The van der Waals surface area contributed by atoms with Gasteiger partial charge in [-0.15, -0.1) is 6.42 Å². The fourth-order valence-corrected chi connectivity index (χ4v) is 3.10. The van der Waals surface area contributed by atoms with Crippen LogP contribution in [0.4, 0.5) is 0 Å². The molecule has 0 radical (unpaired) electrons. The van der Waals surface area contributed by atoms with Gasteiger partial charge in [-0.2, -0.15) is 5.26 Å². The minimum absolute atomic E-state index is 0.309. The van der Waals surface area contributed by atoms with Crippen molar-refractivity contribution < 1.29 is 4.74 Å². The molecule has 0 bridgehead atoms. The Hall–Kier alpha value is -2.75. The third kappa shape index (κ3) is 3.77. The average Bonchev–Trinajstić information content (AvgIpc) is 2.65. The monoisotopic (exact) mass is 316 g/mol. The summed E-state index contributed by atoms with van der Waals surface area (Å²) in [6.07, 6.45) is 8.77. The summed E-state index contributed by atoms with van der Waals surface area (Å²) >= 11 is 0. The molecule has 0 heterocycles. The molecule has 1 unspecified atom stereocenters. The fourth-order valence-electron chi connectivity index (χ4n) is 3.10. The van der Waals surface area contributed by atoms with Crippen molar-refractivity contribution in [2.24, 2.45) is 0 Å². The molecule has 0 aromatic heterocycles. The Morgan fingerprint density at radius 1 is 1.21 bits per heavy atom. The second kappa shape index (κ2) is 7.68. The number of fused-ring (bicyclic) bond motifs is 1. The van der Waals surface area contributed by atoms with E-state index >= 15 is 0 Å². The lowest BCUT2D eigenvalue weighted by Gasteiger charge is -2.26. The quantitative estimate of drug-likeness (QED) is 0.855. The van der Waals surface area contributed by atoms with E-state index in [0.717, 1.165) is 24.2 Å². The lowest BCUT2D eigenvalue weighted by molar-refractivity contribution is 0.305. The predicted octanol–water partition coefficient (Wildman–Crippen LogP) is 3.74. The molecule has 120 valence electrons. The van der Waals surface area contributed by atoms with E-state index in [-0.39, 0.29) is 0 Å². The second-order valence-electron chi connectivity index (χ2n) is 5.99. The van der Waals surface area contributed by atoms with Crippen molar-refractivity contribution in [2.45, 2.75) is 31.9 Å². The SMILES string of the molecule is C#CCNC1CCCc2ccc(OCc3ccc(C#N)cc3)cc21. The standard InChI is InChI=1S/C21H20N2O/c1-2-12-23-21-5-3-4-18-10-11-19(13-20(18)21)24-15-17-8-6-16(14-22)7-9-17/h1,6-11,13,21,23H,3-5,12,15H2. The first-order valence-electron chi connectivity index (χ1n) is 8.21. The molecule has 1 aliphatic carbocycles. The van der Waals surface area contributed by atoms with E-state index in [9.17, 15) is 0 Å². The molecule has 1 atom stereocenters. The number of aryl methyl sites for hydroxylation is 1. The first-order chi connectivity index (χ1) is 11.8. The van der Waals surface area contributed by atoms with Gasteiger partial charge in [-0.3, -0.25) is 5.32 Å². The van der Waals surface area contributed by atoms with E-state index in [4.69, 9.17) is 16.4 Å². The van der Waals surface area contributed by atoms with Crippen LogP contribution in [0.5, 0.6) is 5.75 Å². The Morgan fingerprint density at radius 3 is 2.79 bits per heavy atom. The highest BCUT2D eigenvalue weighted by molar-refractivity contribution is 5.39. The van der Waals surface area contributed by atoms with Gasteiger partial charge in [0.15, 0.2) is 0 Å². The highest BCUT2D eigenvalue weighted by Crippen LogP contribution is 2.32. The number of rotatable bonds is 5. The third-order valence-electron chi connectivity index (χ3n) is 4.37. The molecule has 0 fully saturated rings. The van der Waals surface area contributed by atoms with Gasteiger partial charge >= 0.3 is 0 Å². The van der Waals surface area contributed by atoms with Crippen molar-refractivity contribution in [3.8, 4) is 24.2 Å². The summed E-state index contributed by atoms with van der Waals surface area (Å²) < 4.78 is 5.93. The van der Waals surface area contributed by atoms with Gasteiger partial charge < -0.3 is 4.74 Å². The Bertz CT molecular complexity index is 781. The van der Waals surface area contributed by atoms with E-state index in [1.165, 1.54) is 17.5 Å². The largest absolute Gasteiger partial charge is 0.489 e. The van der Waals surface area contributed by atoms with Crippen LogP contribution in [0.25, 0.3) is 0 Å². The molecule has 0 saturated heterocycles. The van der Waals surface area contributed by atoms with Gasteiger partial charge in [0, 0.05) is 6.04 Å². The number of terminal acetylenes is 1. The average molecular weight is 316 g/mol. The number of benzene rings is 2. The minimum atomic E-state index is 0.309. The van der Waals surface area contributed by atoms with E-state index in [2.05, 4.69) is 29.4 Å². The summed E-state index contributed by atoms with van der Waals surface area (Å²) in [6, 6.07) is 16.2. The fraction of sp³-hybridized carbons (Fsp3) is 0.286. The van der Waals surface area contributed by atoms with E-state index in [1.807, 2.05) is 30.3 Å². The zero-order chi connectivity index (χ0) is 16.8. The van der Waals surface area contributed by atoms with Gasteiger partial charge in [-0.1, -0.05) is 24.1 Å². The van der Waals surface area contributed by atoms with Crippen LogP contribution in [-0.4, -0.2) is 6.54 Å². The van der Waals surface area contributed by atoms with Crippen LogP contribution in [-0.2, 0) is 13.0 Å². The van der Waals surface area contributed by atoms with Crippen molar-refractivity contribution in [2.75, 3.05) is 6.54 Å². The maximum absolute atomic E-state index is 8.84. The summed E-state index contributed by atoms with van der Waals surface area (Å²) in [4.78, 5) is 0. The number of nitriles is 1. The molecule has 0 amide bonds. The zero-order valence-corrected chi connectivity index (χ0v) is 13.6. The van der Waals surface area contributed by atoms with Gasteiger partial charge in [0.05, 0.1) is 18.2 Å². The molecule has 0 spiro atoms. The van der Waals surface area contributed by atoms with Crippen LogP contribution < -0.4 is 10.1 Å². The molecule has 1 aliphatic rings. The highest BCUT2D eigenvalue weighted by atomic mass is 16.5. The first-order valence-corrected chi connectivity index (χ1v) is 8.21. The first kappa shape index (κ1) is 16.1. The number of hydrogen-bond donors (Lipinski definition) is 1. The molecular formula is C21H20N2O. The van der Waals surface area contributed by atoms with E-state index in [0.29, 0.717) is 24.8 Å². The van der Waals surface area contributed by atoms with Crippen molar-refractivity contribution in [3.05, 3.63) is 64.7 Å². The van der Waals surface area contributed by atoms with Crippen LogP contribution in [0.2, 0.25) is 0 Å². The minimum Gasteiger partial charge on any atom is -0.489 e. The van der Waals surface area contributed by atoms with E-state index < -0.39 is 0 Å². The molecule has 0 aliphatic heterocycles. The highest BCUT2D eigenvalue weighted by Gasteiger charge is 2.20. The molecule has 1 N–H and O–H groups in total. The lowest BCUT2D eigenvalue weighted by Crippen LogP contribution is -2.25. The smallest absolute Gasteiger partial charge is 0.120 e. The van der Waals surface area contributed by atoms with Gasteiger partial charge in [-0.05, 0) is 60.2 Å². The molecule has 3 nitrogen and oxygen atoms in total. The second-order valence-corrected chi connectivity index (χ2v) is 5.99. The van der Waals surface area contributed by atoms with Crippen LogP contribution in [0.1, 0.15) is 41.1 Å². The zero-order valence-electron chi connectivity index (χ0n) is 13.6. The normalized spacial score (nSPS) is 15.8. The summed E-state index contributed by atoms with van der Waals surface area (Å²) in [7, 11) is 0. The van der Waals surface area contributed by atoms with E-state index in [1.54, 1.807) is 0 Å². The van der Waals surface area contributed by atoms with Gasteiger partial charge in [-0.25, -0.2) is 0 Å². The van der Waals surface area contributed by atoms with Crippen molar-refractivity contribution in [1.82, 2.24) is 5.32 Å². The Balaban J connectivity index is 1.70. The van der Waals surface area contributed by atoms with Crippen molar-refractivity contribution in [1.29, 1.82) is 5.26 Å². The van der Waals surface area contributed by atoms with Gasteiger partial charge in [0.1, 0.15) is 12.4 Å². The van der Waals surface area contributed by atoms with Crippen LogP contribution >= 0.6 is 0 Å². The molecule has 2 aromatic rings. The Labute approximate surface area is 143 Å². The predicted molar refractivity (Wildman–Crippen MR) is 94.4 cm³/mol. The summed E-state index contributed by atoms with van der Waals surface area (Å²) in [5, 5.41) is 12.3. The van der Waals surface area contributed by atoms with Crippen LogP contribution in [0, 0.1) is 23.7 Å². The summed E-state index contributed by atoms with van der Waals surface area (Å²) in [5.41, 5.74) is 4.39. The molecule has 3 heteroatoms. The van der Waals surface area contributed by atoms with Gasteiger partial charge in [0.25, 0.3) is 0 Å². The molecular weight excluding hydrogens is 296 g/mol. The number of nitrogens with zero attached hydrogens (tertiary/aromatic N) is 1. The Morgan fingerprint density at radius 2 is 2.04 bits per heavy atom. The maximum Gasteiger partial charge on any atom is 0.120 e. The van der Waals surface area contributed by atoms with Gasteiger partial charge in [0.2, 0.25) is 0 Å². The van der Waals surface area contributed by atoms with Crippen molar-refractivity contribution >= 4 is 0 Å². The Kier molecular flexibility index (Phi) is 5.16. The summed E-state index contributed by atoms with van der Waals surface area (Å²) in [6.45, 7) is 1.08. The van der Waals surface area contributed by atoms with Crippen LogP contribution in [0.15, 0.2) is 42.5 Å². The number of ether oxygens (including phenoxy) is 1. The van der Waals surface area contributed by atoms with Crippen molar-refractivity contribution in [3.63, 3.8) is 0 Å². The molecule has 2 aromatic carbocycles. The molecule has 0 saturated carbocycles. The number of nitrogens with one attached hydrogen (secondary N) is 1. The van der Waals surface area contributed by atoms with Crippen LogP contribution in [0.3, 0.4) is 0 Å². The molecule has 24 heavy (non-hydrogen) atoms.